The molecule has 0 aliphatic carbocycles. The van der Waals surface area contributed by atoms with E-state index in [2.05, 4.69) is 4.37 Å². The molecule has 16 heavy (non-hydrogen) atoms. The van der Waals surface area contributed by atoms with Crippen molar-refractivity contribution in [3.8, 4) is 10.4 Å². The molecule has 0 atom stereocenters. The first-order chi connectivity index (χ1) is 7.86. The molecule has 0 saturated carbocycles. The molecule has 1 aromatic heterocycles. The molecule has 2 aromatic rings. The number of aromatic nitrogens is 1. The first-order valence-corrected chi connectivity index (χ1v) is 5.84. The van der Waals surface area contributed by atoms with E-state index in [0.29, 0.717) is 12.2 Å². The second-order valence-corrected chi connectivity index (χ2v) is 4.36. The number of hydrogen-bond donors (Lipinski definition) is 0. The largest absolute Gasteiger partial charge is 0.462 e. The van der Waals surface area contributed by atoms with Crippen molar-refractivity contribution in [1.29, 1.82) is 0 Å². The first kappa shape index (κ1) is 9.54. The standard InChI is InChI=1S/C12H9NO2S/c14-12-10-9(6-7-15-12)13-16-11(10)8-4-2-1-3-5-8/h1-5H,6-7H2. The van der Waals surface area contributed by atoms with Gasteiger partial charge in [0, 0.05) is 6.42 Å². The first-order valence-electron chi connectivity index (χ1n) is 5.07. The lowest BCUT2D eigenvalue weighted by Gasteiger charge is -2.11. The van der Waals surface area contributed by atoms with Gasteiger partial charge in [0.2, 0.25) is 0 Å². The molecule has 0 saturated heterocycles. The van der Waals surface area contributed by atoms with Gasteiger partial charge in [-0.2, -0.15) is 4.37 Å². The molecule has 0 unspecified atom stereocenters. The zero-order chi connectivity index (χ0) is 11.0. The van der Waals surface area contributed by atoms with Crippen molar-refractivity contribution < 1.29 is 9.53 Å². The fourth-order valence-corrected chi connectivity index (χ4v) is 2.72. The Morgan fingerprint density at radius 2 is 2.06 bits per heavy atom. The highest BCUT2D eigenvalue weighted by Gasteiger charge is 2.26. The van der Waals surface area contributed by atoms with Crippen LogP contribution in [0.4, 0.5) is 0 Å². The zero-order valence-electron chi connectivity index (χ0n) is 8.47. The topological polar surface area (TPSA) is 39.2 Å². The number of fused-ring (bicyclic) bond motifs is 1. The van der Waals surface area contributed by atoms with Crippen LogP contribution in [0.1, 0.15) is 16.1 Å². The second-order valence-electron chi connectivity index (χ2n) is 3.59. The summed E-state index contributed by atoms with van der Waals surface area (Å²) in [6.07, 6.45) is 0.727. The van der Waals surface area contributed by atoms with Gasteiger partial charge in [0.1, 0.15) is 5.56 Å². The van der Waals surface area contributed by atoms with E-state index in [1.54, 1.807) is 0 Å². The quantitative estimate of drug-likeness (QED) is 0.708. The summed E-state index contributed by atoms with van der Waals surface area (Å²) in [7, 11) is 0. The number of benzene rings is 1. The Balaban J connectivity index is 2.16. The van der Waals surface area contributed by atoms with Crippen LogP contribution in [0.5, 0.6) is 0 Å². The molecule has 4 heteroatoms. The van der Waals surface area contributed by atoms with Crippen LogP contribution in [0.15, 0.2) is 30.3 Å². The maximum Gasteiger partial charge on any atom is 0.341 e. The van der Waals surface area contributed by atoms with Crippen LogP contribution < -0.4 is 0 Å². The maximum absolute atomic E-state index is 11.7. The van der Waals surface area contributed by atoms with Gasteiger partial charge in [-0.25, -0.2) is 4.79 Å². The van der Waals surface area contributed by atoms with Gasteiger partial charge in [0.25, 0.3) is 0 Å². The van der Waals surface area contributed by atoms with E-state index in [0.717, 1.165) is 22.6 Å². The summed E-state index contributed by atoms with van der Waals surface area (Å²) in [5.74, 6) is -0.242. The lowest BCUT2D eigenvalue weighted by molar-refractivity contribution is 0.0480. The molecule has 0 spiro atoms. The van der Waals surface area contributed by atoms with Crippen molar-refractivity contribution >= 4 is 17.5 Å². The third-order valence-corrected chi connectivity index (χ3v) is 3.51. The molecule has 80 valence electrons. The average Bonchev–Trinajstić information content (AvgIpc) is 2.75. The normalized spacial score (nSPS) is 14.4. The summed E-state index contributed by atoms with van der Waals surface area (Å²) in [6, 6.07) is 9.83. The summed E-state index contributed by atoms with van der Waals surface area (Å²) in [5.41, 5.74) is 2.56. The summed E-state index contributed by atoms with van der Waals surface area (Å²) >= 11 is 1.37. The summed E-state index contributed by atoms with van der Waals surface area (Å²) in [6.45, 7) is 0.448. The van der Waals surface area contributed by atoms with Gasteiger partial charge < -0.3 is 4.74 Å². The molecular weight excluding hydrogens is 222 g/mol. The molecule has 2 heterocycles. The van der Waals surface area contributed by atoms with Crippen LogP contribution in [0, 0.1) is 0 Å². The number of hydrogen-bond acceptors (Lipinski definition) is 4. The minimum atomic E-state index is -0.242. The van der Waals surface area contributed by atoms with Gasteiger partial charge in [-0.3, -0.25) is 0 Å². The van der Waals surface area contributed by atoms with Crippen LogP contribution in [0.2, 0.25) is 0 Å². The van der Waals surface area contributed by atoms with Gasteiger partial charge in [0.15, 0.2) is 0 Å². The highest BCUT2D eigenvalue weighted by Crippen LogP contribution is 2.32. The van der Waals surface area contributed by atoms with E-state index in [9.17, 15) is 4.79 Å². The SMILES string of the molecule is O=C1OCCc2nsc(-c3ccccc3)c21. The van der Waals surface area contributed by atoms with Crippen molar-refractivity contribution in [2.24, 2.45) is 0 Å². The van der Waals surface area contributed by atoms with E-state index in [1.807, 2.05) is 30.3 Å². The number of carbonyl (C=O) groups excluding carboxylic acids is 1. The molecule has 1 aromatic carbocycles. The molecule has 3 rings (SSSR count). The van der Waals surface area contributed by atoms with Crippen LogP contribution >= 0.6 is 11.5 Å². The Labute approximate surface area is 96.9 Å². The number of carbonyl (C=O) groups is 1. The highest BCUT2D eigenvalue weighted by atomic mass is 32.1. The van der Waals surface area contributed by atoms with E-state index in [-0.39, 0.29) is 5.97 Å². The van der Waals surface area contributed by atoms with Gasteiger partial charge >= 0.3 is 5.97 Å². The maximum atomic E-state index is 11.7. The van der Waals surface area contributed by atoms with Crippen LogP contribution in [0.3, 0.4) is 0 Å². The molecule has 0 bridgehead atoms. The minimum Gasteiger partial charge on any atom is -0.462 e. The lowest BCUT2D eigenvalue weighted by atomic mass is 10.1. The van der Waals surface area contributed by atoms with Gasteiger partial charge in [-0.1, -0.05) is 30.3 Å². The number of ether oxygens (including phenoxy) is 1. The fourth-order valence-electron chi connectivity index (χ4n) is 1.80. The van der Waals surface area contributed by atoms with E-state index < -0.39 is 0 Å². The molecule has 3 nitrogen and oxygen atoms in total. The minimum absolute atomic E-state index is 0.242. The molecule has 0 N–H and O–H groups in total. The monoisotopic (exact) mass is 231 g/mol. The van der Waals surface area contributed by atoms with Gasteiger partial charge in [0.05, 0.1) is 17.2 Å². The Bertz CT molecular complexity index is 533. The molecular formula is C12H9NO2S. The van der Waals surface area contributed by atoms with Gasteiger partial charge in [-0.05, 0) is 17.1 Å². The van der Waals surface area contributed by atoms with Crippen molar-refractivity contribution in [3.05, 3.63) is 41.6 Å². The Morgan fingerprint density at radius 1 is 1.25 bits per heavy atom. The molecule has 0 amide bonds. The van der Waals surface area contributed by atoms with Crippen molar-refractivity contribution in [3.63, 3.8) is 0 Å². The second kappa shape index (κ2) is 3.72. The van der Waals surface area contributed by atoms with Crippen LogP contribution in [0.25, 0.3) is 10.4 Å². The summed E-state index contributed by atoms with van der Waals surface area (Å²) in [5, 5.41) is 0. The number of nitrogens with zero attached hydrogens (tertiary/aromatic N) is 1. The predicted molar refractivity (Wildman–Crippen MR) is 61.5 cm³/mol. The summed E-state index contributed by atoms with van der Waals surface area (Å²) in [4.78, 5) is 12.6. The van der Waals surface area contributed by atoms with E-state index in [4.69, 9.17) is 4.74 Å². The third kappa shape index (κ3) is 1.42. The van der Waals surface area contributed by atoms with Crippen LogP contribution in [-0.4, -0.2) is 16.9 Å². The summed E-state index contributed by atoms with van der Waals surface area (Å²) < 4.78 is 9.38. The number of cyclic esters (lactones) is 1. The Kier molecular flexibility index (Phi) is 2.22. The molecule has 0 fully saturated rings. The molecule has 1 aliphatic rings. The Hall–Kier alpha value is -1.68. The van der Waals surface area contributed by atoms with Crippen LogP contribution in [-0.2, 0) is 11.2 Å². The number of rotatable bonds is 1. The highest BCUT2D eigenvalue weighted by molar-refractivity contribution is 7.10. The van der Waals surface area contributed by atoms with E-state index >= 15 is 0 Å². The lowest BCUT2D eigenvalue weighted by Crippen LogP contribution is -2.17. The molecule has 0 radical (unpaired) electrons. The average molecular weight is 231 g/mol. The molecule has 1 aliphatic heterocycles. The Morgan fingerprint density at radius 3 is 2.88 bits per heavy atom. The van der Waals surface area contributed by atoms with Crippen molar-refractivity contribution in [2.45, 2.75) is 6.42 Å². The van der Waals surface area contributed by atoms with E-state index in [1.165, 1.54) is 11.5 Å². The predicted octanol–water partition coefficient (Wildman–Crippen LogP) is 2.52. The van der Waals surface area contributed by atoms with Crippen molar-refractivity contribution in [1.82, 2.24) is 4.37 Å². The smallest absolute Gasteiger partial charge is 0.341 e. The third-order valence-electron chi connectivity index (χ3n) is 2.57. The number of esters is 1. The fraction of sp³-hybridized carbons (Fsp3) is 0.167. The van der Waals surface area contributed by atoms with Gasteiger partial charge in [-0.15, -0.1) is 0 Å². The van der Waals surface area contributed by atoms with Crippen molar-refractivity contribution in [2.75, 3.05) is 6.61 Å². The zero-order valence-corrected chi connectivity index (χ0v) is 9.29.